The summed E-state index contributed by atoms with van der Waals surface area (Å²) in [5.74, 6) is -0.00215. The zero-order valence-corrected chi connectivity index (χ0v) is 21.9. The molecule has 0 amide bonds. The average Bonchev–Trinajstić information content (AvgIpc) is 2.79. The molecule has 3 aromatic rings. The Morgan fingerprint density at radius 1 is 1.09 bits per heavy atom. The standard InChI is InChI=1S/C24H33FN7O2P/c1-31(2)11-12-32(3)20-14-21(34-4)19(13-17(20)26)29-24-27-15-16(25)23(30-24)28-18-9-7-8-10-22(18)35(5,6)33/h7-10,13-15H,11-12,26H2,1-6H3,(H2,27,28,29,30). The first-order valence-electron chi connectivity index (χ1n) is 11.0. The molecule has 0 unspecified atom stereocenters. The molecule has 4 N–H and O–H groups in total. The Labute approximate surface area is 205 Å². The van der Waals surface area contributed by atoms with Crippen LogP contribution in [0.25, 0.3) is 0 Å². The first-order valence-corrected chi connectivity index (χ1v) is 13.6. The predicted molar refractivity (Wildman–Crippen MR) is 143 cm³/mol. The van der Waals surface area contributed by atoms with Gasteiger partial charge in [0.05, 0.1) is 36.1 Å². The number of likely N-dealkylation sites (N-methyl/N-ethyl adjacent to an activating group) is 2. The fourth-order valence-electron chi connectivity index (χ4n) is 3.47. The van der Waals surface area contributed by atoms with E-state index in [9.17, 15) is 8.96 Å². The van der Waals surface area contributed by atoms with E-state index in [0.29, 0.717) is 28.1 Å². The fourth-order valence-corrected chi connectivity index (χ4v) is 4.62. The normalized spacial score (nSPS) is 11.4. The maximum atomic E-state index is 14.6. The van der Waals surface area contributed by atoms with Crippen molar-refractivity contribution in [3.63, 3.8) is 0 Å². The highest BCUT2D eigenvalue weighted by atomic mass is 31.2. The predicted octanol–water partition coefficient (Wildman–Crippen LogP) is 3.94. The molecule has 1 aromatic heterocycles. The zero-order valence-electron chi connectivity index (χ0n) is 21.0. The Bertz CT molecular complexity index is 1230. The number of benzene rings is 2. The lowest BCUT2D eigenvalue weighted by atomic mass is 10.2. The Morgan fingerprint density at radius 3 is 2.46 bits per heavy atom. The minimum Gasteiger partial charge on any atom is -0.494 e. The lowest BCUT2D eigenvalue weighted by Gasteiger charge is -2.24. The molecule has 3 rings (SSSR count). The van der Waals surface area contributed by atoms with Gasteiger partial charge < -0.3 is 35.5 Å². The van der Waals surface area contributed by atoms with Crippen LogP contribution in [0.4, 0.5) is 38.9 Å². The van der Waals surface area contributed by atoms with E-state index in [1.54, 1.807) is 50.8 Å². The monoisotopic (exact) mass is 501 g/mol. The van der Waals surface area contributed by atoms with Crippen LogP contribution < -0.4 is 31.3 Å². The third kappa shape index (κ3) is 6.61. The summed E-state index contributed by atoms with van der Waals surface area (Å²) in [7, 11) is 4.95. The number of anilines is 6. The van der Waals surface area contributed by atoms with Gasteiger partial charge in [-0.05, 0) is 45.6 Å². The number of nitrogens with two attached hydrogens (primary N) is 1. The van der Waals surface area contributed by atoms with E-state index in [2.05, 4.69) is 30.4 Å². The second-order valence-corrected chi connectivity index (χ2v) is 12.0. The number of nitrogen functional groups attached to an aromatic ring is 1. The van der Waals surface area contributed by atoms with Crippen molar-refractivity contribution < 1.29 is 13.7 Å². The number of nitrogens with zero attached hydrogens (tertiary/aromatic N) is 4. The van der Waals surface area contributed by atoms with Gasteiger partial charge in [0, 0.05) is 31.5 Å². The van der Waals surface area contributed by atoms with E-state index in [1.165, 1.54) is 0 Å². The topological polar surface area (TPSA) is 109 Å². The second kappa shape index (κ2) is 10.9. The molecule has 35 heavy (non-hydrogen) atoms. The summed E-state index contributed by atoms with van der Waals surface area (Å²) >= 11 is 0. The summed E-state index contributed by atoms with van der Waals surface area (Å²) in [6.45, 7) is 4.98. The molecule has 0 saturated carbocycles. The Balaban J connectivity index is 1.89. The molecule has 0 atom stereocenters. The highest BCUT2D eigenvalue weighted by molar-refractivity contribution is 7.70. The van der Waals surface area contributed by atoms with Crippen molar-refractivity contribution in [2.45, 2.75) is 0 Å². The van der Waals surface area contributed by atoms with Crippen molar-refractivity contribution in [2.24, 2.45) is 0 Å². The first kappa shape index (κ1) is 26.2. The summed E-state index contributed by atoms with van der Waals surface area (Å²) in [5, 5.41) is 6.63. The highest BCUT2D eigenvalue weighted by Crippen LogP contribution is 2.39. The van der Waals surface area contributed by atoms with Gasteiger partial charge in [-0.1, -0.05) is 12.1 Å². The van der Waals surface area contributed by atoms with E-state index >= 15 is 0 Å². The molecule has 188 valence electrons. The molecule has 0 saturated heterocycles. The molecule has 0 spiro atoms. The van der Waals surface area contributed by atoms with Crippen molar-refractivity contribution in [3.05, 3.63) is 48.4 Å². The van der Waals surface area contributed by atoms with Gasteiger partial charge in [-0.25, -0.2) is 9.37 Å². The van der Waals surface area contributed by atoms with E-state index < -0.39 is 13.0 Å². The molecule has 0 fully saturated rings. The van der Waals surface area contributed by atoms with Gasteiger partial charge in [0.15, 0.2) is 11.6 Å². The van der Waals surface area contributed by atoms with Crippen LogP contribution in [0.1, 0.15) is 0 Å². The van der Waals surface area contributed by atoms with Gasteiger partial charge in [-0.2, -0.15) is 4.98 Å². The van der Waals surface area contributed by atoms with Gasteiger partial charge in [-0.15, -0.1) is 0 Å². The maximum absolute atomic E-state index is 14.6. The maximum Gasteiger partial charge on any atom is 0.229 e. The van der Waals surface area contributed by atoms with Crippen molar-refractivity contribution in [3.8, 4) is 5.75 Å². The molecule has 0 aliphatic carbocycles. The smallest absolute Gasteiger partial charge is 0.229 e. The Hall–Kier alpha value is -3.36. The molecule has 1 heterocycles. The summed E-state index contributed by atoms with van der Waals surface area (Å²) in [4.78, 5) is 12.5. The number of methoxy groups -OCH3 is 1. The molecule has 0 radical (unpaired) electrons. The number of para-hydroxylation sites is 1. The minimum absolute atomic E-state index is 0.0459. The van der Waals surface area contributed by atoms with Crippen LogP contribution in [0.2, 0.25) is 0 Å². The molecule has 2 aromatic carbocycles. The average molecular weight is 502 g/mol. The molecular formula is C24H33FN7O2P. The number of ether oxygens (including phenoxy) is 1. The van der Waals surface area contributed by atoms with Crippen molar-refractivity contribution >= 4 is 47.0 Å². The quantitative estimate of drug-likeness (QED) is 0.281. The van der Waals surface area contributed by atoms with Crippen LogP contribution in [0.3, 0.4) is 0 Å². The number of hydrogen-bond acceptors (Lipinski definition) is 9. The number of nitrogens with one attached hydrogen (secondary N) is 2. The van der Waals surface area contributed by atoms with Gasteiger partial charge >= 0.3 is 0 Å². The Morgan fingerprint density at radius 2 is 1.80 bits per heavy atom. The fraction of sp³-hybridized carbons (Fsp3) is 0.333. The van der Waals surface area contributed by atoms with Crippen LogP contribution in [0.15, 0.2) is 42.6 Å². The zero-order chi connectivity index (χ0) is 25.8. The van der Waals surface area contributed by atoms with Crippen molar-refractivity contribution in [2.75, 3.05) is 75.9 Å². The number of halogens is 1. The summed E-state index contributed by atoms with van der Waals surface area (Å²) in [6, 6.07) is 10.6. The molecular weight excluding hydrogens is 468 g/mol. The molecule has 9 nitrogen and oxygen atoms in total. The molecule has 0 aliphatic heterocycles. The van der Waals surface area contributed by atoms with Gasteiger partial charge in [0.25, 0.3) is 0 Å². The van der Waals surface area contributed by atoms with Gasteiger partial charge in [0.2, 0.25) is 5.95 Å². The SMILES string of the molecule is COc1cc(N(C)CCN(C)C)c(N)cc1Nc1ncc(F)c(Nc2ccccc2P(C)(C)=O)n1. The lowest BCUT2D eigenvalue weighted by molar-refractivity contribution is 0.413. The van der Waals surface area contributed by atoms with E-state index in [4.69, 9.17) is 10.5 Å². The van der Waals surface area contributed by atoms with Crippen LogP contribution in [0, 0.1) is 5.82 Å². The molecule has 11 heteroatoms. The van der Waals surface area contributed by atoms with Gasteiger partial charge in [0.1, 0.15) is 12.9 Å². The second-order valence-electron chi connectivity index (χ2n) is 8.84. The first-order chi connectivity index (χ1) is 16.5. The Kier molecular flexibility index (Phi) is 8.19. The minimum atomic E-state index is -2.60. The molecule has 0 aliphatic rings. The van der Waals surface area contributed by atoms with Crippen LogP contribution >= 0.6 is 7.14 Å². The van der Waals surface area contributed by atoms with E-state index in [1.807, 2.05) is 27.2 Å². The number of rotatable bonds is 10. The third-order valence-electron chi connectivity index (χ3n) is 5.37. The summed E-state index contributed by atoms with van der Waals surface area (Å²) < 4.78 is 32.8. The highest BCUT2D eigenvalue weighted by Gasteiger charge is 2.18. The van der Waals surface area contributed by atoms with Gasteiger partial charge in [-0.3, -0.25) is 0 Å². The van der Waals surface area contributed by atoms with E-state index in [-0.39, 0.29) is 11.8 Å². The summed E-state index contributed by atoms with van der Waals surface area (Å²) in [6.07, 6.45) is 1.07. The van der Waals surface area contributed by atoms with Crippen LogP contribution in [-0.2, 0) is 4.57 Å². The lowest BCUT2D eigenvalue weighted by Crippen LogP contribution is -2.29. The summed E-state index contributed by atoms with van der Waals surface area (Å²) in [5.41, 5.74) is 8.77. The van der Waals surface area contributed by atoms with Crippen molar-refractivity contribution in [1.82, 2.24) is 14.9 Å². The largest absolute Gasteiger partial charge is 0.494 e. The van der Waals surface area contributed by atoms with Crippen molar-refractivity contribution in [1.29, 1.82) is 0 Å². The van der Waals surface area contributed by atoms with Crippen LogP contribution in [-0.4, -0.2) is 69.5 Å². The van der Waals surface area contributed by atoms with E-state index in [0.717, 1.165) is 25.0 Å². The number of aromatic nitrogens is 2. The third-order valence-corrected chi connectivity index (χ3v) is 6.92. The number of hydrogen-bond donors (Lipinski definition) is 3. The molecule has 0 bridgehead atoms. The van der Waals surface area contributed by atoms with Crippen LogP contribution in [0.5, 0.6) is 5.75 Å².